The van der Waals surface area contributed by atoms with Crippen LogP contribution in [0.25, 0.3) is 0 Å². The molecule has 2 unspecified atom stereocenters. The van der Waals surface area contributed by atoms with Gasteiger partial charge in [-0.15, -0.1) is 0 Å². The highest BCUT2D eigenvalue weighted by molar-refractivity contribution is 5.93. The Morgan fingerprint density at radius 2 is 2.31 bits per heavy atom. The molecule has 0 radical (unpaired) electrons. The first-order valence-corrected chi connectivity index (χ1v) is 5.25. The number of rotatable bonds is 4. The highest BCUT2D eigenvalue weighted by Crippen LogP contribution is 2.29. The second-order valence-corrected chi connectivity index (χ2v) is 4.21. The van der Waals surface area contributed by atoms with Gasteiger partial charge in [-0.3, -0.25) is 9.59 Å². The molecule has 2 rings (SSSR count). The molecule has 1 fully saturated rings. The number of aliphatic carboxylic acids is 1. The minimum Gasteiger partial charge on any atom is -0.480 e. The largest absolute Gasteiger partial charge is 0.480 e. The van der Waals surface area contributed by atoms with Crippen molar-refractivity contribution < 1.29 is 14.7 Å². The Bertz CT molecular complexity index is 425. The van der Waals surface area contributed by atoms with Crippen LogP contribution in [0.5, 0.6) is 0 Å². The number of amides is 1. The van der Waals surface area contributed by atoms with E-state index in [0.717, 1.165) is 6.42 Å². The summed E-state index contributed by atoms with van der Waals surface area (Å²) in [6.07, 6.45) is 2.60. The number of carbonyl (C=O) groups is 2. The van der Waals surface area contributed by atoms with E-state index < -0.39 is 5.97 Å². The average Bonchev–Trinajstić information content (AvgIpc) is 2.72. The number of aromatic nitrogens is 1. The van der Waals surface area contributed by atoms with Crippen LogP contribution in [0.15, 0.2) is 18.3 Å². The van der Waals surface area contributed by atoms with Crippen LogP contribution in [0.4, 0.5) is 0 Å². The molecule has 1 aromatic rings. The number of carboxylic acid groups (broad SMARTS) is 1. The summed E-state index contributed by atoms with van der Waals surface area (Å²) < 4.78 is 1.44. The van der Waals surface area contributed by atoms with Gasteiger partial charge in [0.15, 0.2) is 0 Å². The fourth-order valence-corrected chi connectivity index (χ4v) is 1.67. The zero-order valence-electron chi connectivity index (χ0n) is 9.01. The maximum absolute atomic E-state index is 11.8. The van der Waals surface area contributed by atoms with Gasteiger partial charge in [-0.05, 0) is 24.5 Å². The standard InChI is InChI=1S/C11H14N2O3/c1-7-5-8(7)12-11(16)9-3-2-4-13(9)6-10(14)15/h2-4,7-8H,5-6H2,1H3,(H,12,16)(H,14,15). The molecule has 1 heterocycles. The third-order valence-electron chi connectivity index (χ3n) is 2.79. The van der Waals surface area contributed by atoms with Crippen molar-refractivity contribution in [1.29, 1.82) is 0 Å². The Morgan fingerprint density at radius 3 is 2.88 bits per heavy atom. The highest BCUT2D eigenvalue weighted by atomic mass is 16.4. The van der Waals surface area contributed by atoms with Gasteiger partial charge in [0.05, 0.1) is 0 Å². The Kier molecular flexibility index (Phi) is 2.68. The Morgan fingerprint density at radius 1 is 1.62 bits per heavy atom. The lowest BCUT2D eigenvalue weighted by molar-refractivity contribution is -0.137. The number of nitrogens with one attached hydrogen (secondary N) is 1. The summed E-state index contributed by atoms with van der Waals surface area (Å²) in [4.78, 5) is 22.4. The highest BCUT2D eigenvalue weighted by Gasteiger charge is 2.34. The van der Waals surface area contributed by atoms with E-state index in [-0.39, 0.29) is 18.5 Å². The average molecular weight is 222 g/mol. The zero-order chi connectivity index (χ0) is 11.7. The van der Waals surface area contributed by atoms with Crippen molar-refractivity contribution in [3.05, 3.63) is 24.0 Å². The van der Waals surface area contributed by atoms with Gasteiger partial charge >= 0.3 is 5.97 Å². The normalized spacial score (nSPS) is 22.8. The summed E-state index contributed by atoms with van der Waals surface area (Å²) in [7, 11) is 0. The first-order valence-electron chi connectivity index (χ1n) is 5.25. The number of hydrogen-bond acceptors (Lipinski definition) is 2. The van der Waals surface area contributed by atoms with Gasteiger partial charge in [-0.25, -0.2) is 0 Å². The van der Waals surface area contributed by atoms with Crippen LogP contribution in [0.3, 0.4) is 0 Å². The number of carbonyl (C=O) groups excluding carboxylic acids is 1. The van der Waals surface area contributed by atoms with Crippen molar-refractivity contribution >= 4 is 11.9 Å². The molecule has 0 saturated heterocycles. The van der Waals surface area contributed by atoms with Crippen molar-refractivity contribution in [2.24, 2.45) is 5.92 Å². The van der Waals surface area contributed by atoms with Crippen LogP contribution >= 0.6 is 0 Å². The van der Waals surface area contributed by atoms with Crippen molar-refractivity contribution in [3.63, 3.8) is 0 Å². The van der Waals surface area contributed by atoms with Crippen LogP contribution in [0.1, 0.15) is 23.8 Å². The summed E-state index contributed by atoms with van der Waals surface area (Å²) >= 11 is 0. The monoisotopic (exact) mass is 222 g/mol. The molecule has 0 bridgehead atoms. The van der Waals surface area contributed by atoms with Crippen LogP contribution in [-0.4, -0.2) is 27.6 Å². The smallest absolute Gasteiger partial charge is 0.323 e. The van der Waals surface area contributed by atoms with E-state index in [0.29, 0.717) is 11.6 Å². The molecule has 2 N–H and O–H groups in total. The molecule has 1 aromatic heterocycles. The van der Waals surface area contributed by atoms with Gasteiger partial charge in [0.2, 0.25) is 0 Å². The molecule has 2 atom stereocenters. The fraction of sp³-hybridized carbons (Fsp3) is 0.455. The molecule has 5 nitrogen and oxygen atoms in total. The van der Waals surface area contributed by atoms with Gasteiger partial charge in [-0.1, -0.05) is 6.92 Å². The maximum Gasteiger partial charge on any atom is 0.323 e. The van der Waals surface area contributed by atoms with Crippen LogP contribution in [0, 0.1) is 5.92 Å². The lowest BCUT2D eigenvalue weighted by atomic mass is 10.3. The molecule has 1 aliphatic rings. The molecule has 86 valence electrons. The summed E-state index contributed by atoms with van der Waals surface area (Å²) in [6, 6.07) is 3.56. The summed E-state index contributed by atoms with van der Waals surface area (Å²) in [5, 5.41) is 11.5. The van der Waals surface area contributed by atoms with Gasteiger partial charge in [0.1, 0.15) is 12.2 Å². The van der Waals surface area contributed by atoms with Gasteiger partial charge in [0, 0.05) is 12.2 Å². The molecular weight excluding hydrogens is 208 g/mol. The van der Waals surface area contributed by atoms with Gasteiger partial charge in [0.25, 0.3) is 5.91 Å². The molecule has 0 aromatic carbocycles. The Hall–Kier alpha value is -1.78. The van der Waals surface area contributed by atoms with Crippen LogP contribution < -0.4 is 5.32 Å². The van der Waals surface area contributed by atoms with Crippen molar-refractivity contribution in [3.8, 4) is 0 Å². The Balaban J connectivity index is 2.04. The SMILES string of the molecule is CC1CC1NC(=O)c1cccn1CC(=O)O. The molecular formula is C11H14N2O3. The summed E-state index contributed by atoms with van der Waals surface area (Å²) in [5.74, 6) is -0.613. The predicted octanol–water partition coefficient (Wildman–Crippen LogP) is 0.711. The number of hydrogen-bond donors (Lipinski definition) is 2. The summed E-state index contributed by atoms with van der Waals surface area (Å²) in [5.41, 5.74) is 0.404. The topological polar surface area (TPSA) is 71.3 Å². The maximum atomic E-state index is 11.8. The van der Waals surface area contributed by atoms with Crippen molar-refractivity contribution in [2.75, 3.05) is 0 Å². The number of carboxylic acids is 1. The lowest BCUT2D eigenvalue weighted by Gasteiger charge is -2.07. The quantitative estimate of drug-likeness (QED) is 0.788. The molecule has 1 saturated carbocycles. The van der Waals surface area contributed by atoms with E-state index >= 15 is 0 Å². The van der Waals surface area contributed by atoms with Crippen LogP contribution in [0.2, 0.25) is 0 Å². The van der Waals surface area contributed by atoms with Crippen molar-refractivity contribution in [1.82, 2.24) is 9.88 Å². The molecule has 1 aliphatic carbocycles. The number of nitrogens with zero attached hydrogens (tertiary/aromatic N) is 1. The Labute approximate surface area is 93.1 Å². The van der Waals surface area contributed by atoms with E-state index in [1.54, 1.807) is 18.3 Å². The van der Waals surface area contributed by atoms with Crippen LogP contribution in [-0.2, 0) is 11.3 Å². The molecule has 1 amide bonds. The molecule has 0 aliphatic heterocycles. The summed E-state index contributed by atoms with van der Waals surface area (Å²) in [6.45, 7) is 1.89. The van der Waals surface area contributed by atoms with Gasteiger partial charge in [-0.2, -0.15) is 0 Å². The predicted molar refractivity (Wildman–Crippen MR) is 57.1 cm³/mol. The molecule has 0 spiro atoms. The first kappa shape index (κ1) is 10.7. The van der Waals surface area contributed by atoms with E-state index in [4.69, 9.17) is 5.11 Å². The third-order valence-corrected chi connectivity index (χ3v) is 2.79. The zero-order valence-corrected chi connectivity index (χ0v) is 9.01. The minimum absolute atomic E-state index is 0.185. The first-order chi connectivity index (χ1) is 7.58. The van der Waals surface area contributed by atoms with E-state index in [2.05, 4.69) is 12.2 Å². The van der Waals surface area contributed by atoms with Crippen molar-refractivity contribution in [2.45, 2.75) is 25.9 Å². The van der Waals surface area contributed by atoms with E-state index in [1.165, 1.54) is 4.57 Å². The van der Waals surface area contributed by atoms with E-state index in [9.17, 15) is 9.59 Å². The second-order valence-electron chi connectivity index (χ2n) is 4.21. The molecule has 16 heavy (non-hydrogen) atoms. The van der Waals surface area contributed by atoms with E-state index in [1.807, 2.05) is 0 Å². The van der Waals surface area contributed by atoms with Gasteiger partial charge < -0.3 is 15.0 Å². The lowest BCUT2D eigenvalue weighted by Crippen LogP contribution is -2.29. The third kappa shape index (κ3) is 2.24. The fourth-order valence-electron chi connectivity index (χ4n) is 1.67. The second kappa shape index (κ2) is 4.00. The molecule has 5 heteroatoms. The minimum atomic E-state index is -0.954.